The number of amides is 1. The molecule has 2 aliphatic rings. The number of nitrogens with zero attached hydrogens (tertiary/aromatic N) is 1. The zero-order chi connectivity index (χ0) is 14.7. The molecule has 0 radical (unpaired) electrons. The van der Waals surface area contributed by atoms with Crippen molar-refractivity contribution >= 4 is 17.3 Å². The maximum atomic E-state index is 11.2. The highest BCUT2D eigenvalue weighted by Crippen LogP contribution is 2.55. The van der Waals surface area contributed by atoms with E-state index >= 15 is 0 Å². The number of benzene rings is 1. The fourth-order valence-electron chi connectivity index (χ4n) is 2.56. The Hall–Kier alpha value is -2.15. The molecule has 2 heterocycles. The lowest BCUT2D eigenvalue weighted by Gasteiger charge is -2.29. The van der Waals surface area contributed by atoms with E-state index in [1.807, 2.05) is 13.8 Å². The Bertz CT molecular complexity index is 625. The van der Waals surface area contributed by atoms with Crippen LogP contribution in [0.5, 0.6) is 5.75 Å². The Labute approximate surface area is 115 Å². The summed E-state index contributed by atoms with van der Waals surface area (Å²) < 4.78 is 11.4. The van der Waals surface area contributed by atoms with Crippen molar-refractivity contribution in [3.05, 3.63) is 27.8 Å². The molecule has 20 heavy (non-hydrogen) atoms. The second kappa shape index (κ2) is 3.92. The molecule has 7 heteroatoms. The fraction of sp³-hybridized carbons (Fsp3) is 0.462. The maximum absolute atomic E-state index is 11.2. The van der Waals surface area contributed by atoms with E-state index < -0.39 is 10.5 Å². The molecule has 7 nitrogen and oxygen atoms in total. The van der Waals surface area contributed by atoms with E-state index in [9.17, 15) is 14.9 Å². The standard InChI is InChI=1S/C13H14N2O5/c1-6(16)14-8-4-7-10(5-9(8)15(17)18)20-13(2,3)12-11(7)19-12/h4-5,11-12H,1-3H3,(H,14,16). The summed E-state index contributed by atoms with van der Waals surface area (Å²) in [6, 6.07) is 2.91. The first-order chi connectivity index (χ1) is 9.29. The van der Waals surface area contributed by atoms with Crippen LogP contribution in [0.2, 0.25) is 0 Å². The van der Waals surface area contributed by atoms with Crippen LogP contribution in [0, 0.1) is 10.1 Å². The first kappa shape index (κ1) is 12.9. The Morgan fingerprint density at radius 2 is 2.15 bits per heavy atom. The number of rotatable bonds is 2. The van der Waals surface area contributed by atoms with Crippen molar-refractivity contribution in [2.75, 3.05) is 5.32 Å². The number of fused-ring (bicyclic) bond motifs is 3. The molecule has 1 N–H and O–H groups in total. The van der Waals surface area contributed by atoms with Gasteiger partial charge in [0, 0.05) is 12.5 Å². The first-order valence-electron chi connectivity index (χ1n) is 6.24. The molecule has 0 aliphatic carbocycles. The number of hydrogen-bond acceptors (Lipinski definition) is 5. The number of hydrogen-bond donors (Lipinski definition) is 1. The van der Waals surface area contributed by atoms with Crippen LogP contribution in [0.15, 0.2) is 12.1 Å². The third-order valence-electron chi connectivity index (χ3n) is 3.49. The Kier molecular flexibility index (Phi) is 2.52. The second-order valence-corrected chi connectivity index (χ2v) is 5.53. The van der Waals surface area contributed by atoms with Crippen molar-refractivity contribution in [1.29, 1.82) is 0 Å². The number of epoxide rings is 1. The lowest BCUT2D eigenvalue weighted by Crippen LogP contribution is -2.37. The Morgan fingerprint density at radius 1 is 1.45 bits per heavy atom. The van der Waals surface area contributed by atoms with Crippen LogP contribution >= 0.6 is 0 Å². The molecule has 1 saturated heterocycles. The van der Waals surface area contributed by atoms with Crippen LogP contribution in [0.4, 0.5) is 11.4 Å². The maximum Gasteiger partial charge on any atom is 0.296 e. The second-order valence-electron chi connectivity index (χ2n) is 5.53. The summed E-state index contributed by atoms with van der Waals surface area (Å²) in [4.78, 5) is 21.7. The third kappa shape index (κ3) is 1.90. The van der Waals surface area contributed by atoms with Gasteiger partial charge in [0.15, 0.2) is 0 Å². The lowest BCUT2D eigenvalue weighted by atomic mass is 9.93. The van der Waals surface area contributed by atoms with Gasteiger partial charge in [-0.15, -0.1) is 0 Å². The zero-order valence-electron chi connectivity index (χ0n) is 11.3. The summed E-state index contributed by atoms with van der Waals surface area (Å²) in [5, 5.41) is 13.6. The van der Waals surface area contributed by atoms with E-state index in [1.165, 1.54) is 13.0 Å². The molecular weight excluding hydrogens is 264 g/mol. The molecule has 1 amide bonds. The fourth-order valence-corrected chi connectivity index (χ4v) is 2.56. The van der Waals surface area contributed by atoms with Crippen LogP contribution < -0.4 is 10.1 Å². The Balaban J connectivity index is 2.09. The lowest BCUT2D eigenvalue weighted by molar-refractivity contribution is -0.384. The summed E-state index contributed by atoms with van der Waals surface area (Å²) in [6.07, 6.45) is -0.177. The number of anilines is 1. The average molecular weight is 278 g/mol. The Morgan fingerprint density at radius 3 is 2.75 bits per heavy atom. The van der Waals surface area contributed by atoms with Crippen LogP contribution in [-0.2, 0) is 9.53 Å². The van der Waals surface area contributed by atoms with Crippen LogP contribution in [-0.4, -0.2) is 22.5 Å². The predicted molar refractivity (Wildman–Crippen MR) is 69.7 cm³/mol. The van der Waals surface area contributed by atoms with Crippen molar-refractivity contribution in [3.8, 4) is 5.75 Å². The molecule has 1 aromatic rings. The van der Waals surface area contributed by atoms with E-state index in [4.69, 9.17) is 9.47 Å². The molecule has 0 bridgehead atoms. The van der Waals surface area contributed by atoms with E-state index in [0.29, 0.717) is 5.75 Å². The van der Waals surface area contributed by atoms with Gasteiger partial charge >= 0.3 is 0 Å². The first-order valence-corrected chi connectivity index (χ1v) is 6.24. The largest absolute Gasteiger partial charge is 0.484 e. The van der Waals surface area contributed by atoms with Gasteiger partial charge < -0.3 is 14.8 Å². The minimum atomic E-state index is -0.540. The molecule has 3 rings (SSSR count). The van der Waals surface area contributed by atoms with Crippen LogP contribution in [0.1, 0.15) is 32.4 Å². The summed E-state index contributed by atoms with van der Waals surface area (Å²) in [5.74, 6) is 0.0768. The topological polar surface area (TPSA) is 94.0 Å². The monoisotopic (exact) mass is 278 g/mol. The van der Waals surface area contributed by atoms with Gasteiger partial charge in [-0.25, -0.2) is 0 Å². The van der Waals surface area contributed by atoms with Crippen molar-refractivity contribution < 1.29 is 19.2 Å². The van der Waals surface area contributed by atoms with E-state index in [1.54, 1.807) is 6.07 Å². The highest BCUT2D eigenvalue weighted by molar-refractivity contribution is 5.91. The van der Waals surface area contributed by atoms with Crippen molar-refractivity contribution in [1.82, 2.24) is 0 Å². The SMILES string of the molecule is CC(=O)Nc1cc2c(cc1[N+](=O)[O-])OC(C)(C)C1OC21. The predicted octanol–water partition coefficient (Wildman–Crippen LogP) is 2.16. The number of nitro groups is 1. The smallest absolute Gasteiger partial charge is 0.296 e. The molecule has 1 aromatic carbocycles. The van der Waals surface area contributed by atoms with Crippen molar-refractivity contribution in [3.63, 3.8) is 0 Å². The molecule has 1 fully saturated rings. The van der Waals surface area contributed by atoms with Crippen LogP contribution in [0.25, 0.3) is 0 Å². The molecule has 106 valence electrons. The minimum Gasteiger partial charge on any atom is -0.484 e. The molecule has 0 aromatic heterocycles. The normalized spacial score (nSPS) is 24.9. The van der Waals surface area contributed by atoms with Crippen molar-refractivity contribution in [2.24, 2.45) is 0 Å². The number of nitrogens with one attached hydrogen (secondary N) is 1. The average Bonchev–Trinajstić information content (AvgIpc) is 3.09. The summed E-state index contributed by atoms with van der Waals surface area (Å²) in [6.45, 7) is 5.07. The van der Waals surface area contributed by atoms with E-state index in [-0.39, 0.29) is 29.5 Å². The van der Waals surface area contributed by atoms with Gasteiger partial charge in [-0.2, -0.15) is 0 Å². The highest BCUT2D eigenvalue weighted by Gasteiger charge is 2.57. The molecule has 0 spiro atoms. The molecule has 2 aliphatic heterocycles. The summed E-state index contributed by atoms with van der Waals surface area (Å²) >= 11 is 0. The molecular formula is C13H14N2O5. The van der Waals surface area contributed by atoms with E-state index in [0.717, 1.165) is 5.56 Å². The molecule has 0 saturated carbocycles. The van der Waals surface area contributed by atoms with Gasteiger partial charge in [0.25, 0.3) is 5.69 Å². The van der Waals surface area contributed by atoms with Gasteiger partial charge in [0.05, 0.1) is 11.0 Å². The van der Waals surface area contributed by atoms with Crippen molar-refractivity contribution in [2.45, 2.75) is 38.6 Å². The van der Waals surface area contributed by atoms with E-state index in [2.05, 4.69) is 5.32 Å². The third-order valence-corrected chi connectivity index (χ3v) is 3.49. The van der Waals surface area contributed by atoms with Gasteiger partial charge in [0.1, 0.15) is 29.2 Å². The number of carbonyl (C=O) groups excluding carboxylic acids is 1. The number of carbonyl (C=O) groups is 1. The quantitative estimate of drug-likeness (QED) is 0.508. The van der Waals surface area contributed by atoms with Crippen LogP contribution in [0.3, 0.4) is 0 Å². The van der Waals surface area contributed by atoms with Gasteiger partial charge in [-0.05, 0) is 19.9 Å². The summed E-state index contributed by atoms with van der Waals surface area (Å²) in [5.41, 5.74) is 0.206. The molecule has 2 unspecified atom stereocenters. The molecule has 2 atom stereocenters. The summed E-state index contributed by atoms with van der Waals surface area (Å²) in [7, 11) is 0. The van der Waals surface area contributed by atoms with Gasteiger partial charge in [0.2, 0.25) is 5.91 Å². The zero-order valence-corrected chi connectivity index (χ0v) is 11.3. The number of nitro benzene ring substituents is 1. The van der Waals surface area contributed by atoms with Gasteiger partial charge in [-0.1, -0.05) is 0 Å². The number of ether oxygens (including phenoxy) is 2. The van der Waals surface area contributed by atoms with Gasteiger partial charge in [-0.3, -0.25) is 14.9 Å². The minimum absolute atomic E-state index is 0.0540. The highest BCUT2D eigenvalue weighted by atomic mass is 16.6.